The minimum absolute atomic E-state index is 0.00182. The lowest BCUT2D eigenvalue weighted by molar-refractivity contribution is -0.123. The smallest absolute Gasteiger partial charge is 0.220 e. The molecule has 0 unspecified atom stereocenters. The Morgan fingerprint density at radius 2 is 2.38 bits per heavy atom. The summed E-state index contributed by atoms with van der Waals surface area (Å²) in [7, 11) is 0. The third-order valence-electron chi connectivity index (χ3n) is 2.34. The summed E-state index contributed by atoms with van der Waals surface area (Å²) in [5, 5.41) is 20.8. The van der Waals surface area contributed by atoms with Gasteiger partial charge in [0.2, 0.25) is 5.91 Å². The molecule has 1 rings (SSSR count). The van der Waals surface area contributed by atoms with Crippen molar-refractivity contribution in [1.29, 1.82) is 0 Å². The Bertz CT molecular complexity index is 172. The molecule has 3 N–H and O–H groups in total. The monoisotopic (exact) mass is 187 g/mol. The first-order chi connectivity index (χ1) is 6.22. The minimum atomic E-state index is -0.492. The van der Waals surface area contributed by atoms with Crippen molar-refractivity contribution in [3.8, 4) is 0 Å². The van der Waals surface area contributed by atoms with E-state index in [0.29, 0.717) is 19.3 Å². The molecule has 2 atom stereocenters. The van der Waals surface area contributed by atoms with E-state index in [1.165, 1.54) is 0 Å². The van der Waals surface area contributed by atoms with E-state index in [-0.39, 0.29) is 18.6 Å². The van der Waals surface area contributed by atoms with Crippen LogP contribution < -0.4 is 5.32 Å². The van der Waals surface area contributed by atoms with E-state index in [4.69, 9.17) is 5.11 Å². The second kappa shape index (κ2) is 5.19. The maximum absolute atomic E-state index is 11.0. The highest BCUT2D eigenvalue weighted by Gasteiger charge is 2.20. The minimum Gasteiger partial charge on any atom is -0.396 e. The molecule has 4 heteroatoms. The summed E-state index contributed by atoms with van der Waals surface area (Å²) in [5.41, 5.74) is 0. The molecule has 1 aliphatic heterocycles. The molecule has 4 nitrogen and oxygen atoms in total. The van der Waals surface area contributed by atoms with Crippen molar-refractivity contribution in [1.82, 2.24) is 5.32 Å². The van der Waals surface area contributed by atoms with Crippen LogP contribution in [0.2, 0.25) is 0 Å². The number of aliphatic hydroxyl groups excluding tert-OH is 2. The lowest BCUT2D eigenvalue weighted by atomic mass is 9.98. The van der Waals surface area contributed by atoms with E-state index < -0.39 is 6.10 Å². The first-order valence-electron chi connectivity index (χ1n) is 4.80. The number of carbonyl (C=O) groups is 1. The summed E-state index contributed by atoms with van der Waals surface area (Å²) in [6, 6.07) is 0.0998. The van der Waals surface area contributed by atoms with Gasteiger partial charge in [-0.25, -0.2) is 0 Å². The number of nitrogens with one attached hydrogen (secondary N) is 1. The lowest BCUT2D eigenvalue weighted by Gasteiger charge is -2.25. The average Bonchev–Trinajstić information content (AvgIpc) is 2.04. The van der Waals surface area contributed by atoms with Crippen molar-refractivity contribution >= 4 is 5.91 Å². The van der Waals surface area contributed by atoms with Crippen LogP contribution in [0.4, 0.5) is 0 Å². The molecule has 0 aromatic carbocycles. The van der Waals surface area contributed by atoms with Crippen molar-refractivity contribution in [2.75, 3.05) is 6.61 Å². The number of piperidine rings is 1. The standard InChI is InChI=1S/C9H17NO3/c11-5-4-8(12)6-7-2-1-3-9(13)10-7/h7-8,11-12H,1-6H2,(H,10,13)/t7-,8+/m0/s1. The Morgan fingerprint density at radius 1 is 1.62 bits per heavy atom. The zero-order valence-corrected chi connectivity index (χ0v) is 7.70. The van der Waals surface area contributed by atoms with Crippen molar-refractivity contribution in [2.24, 2.45) is 0 Å². The van der Waals surface area contributed by atoms with Crippen molar-refractivity contribution in [3.63, 3.8) is 0 Å². The van der Waals surface area contributed by atoms with Crippen LogP contribution in [-0.4, -0.2) is 34.9 Å². The van der Waals surface area contributed by atoms with Crippen LogP contribution in [0.5, 0.6) is 0 Å². The van der Waals surface area contributed by atoms with Crippen molar-refractivity contribution < 1.29 is 15.0 Å². The highest BCUT2D eigenvalue weighted by atomic mass is 16.3. The summed E-state index contributed by atoms with van der Waals surface area (Å²) in [4.78, 5) is 11.0. The van der Waals surface area contributed by atoms with E-state index in [0.717, 1.165) is 12.8 Å². The second-order valence-corrected chi connectivity index (χ2v) is 3.56. The Labute approximate surface area is 78.0 Å². The predicted molar refractivity (Wildman–Crippen MR) is 48.1 cm³/mol. The first-order valence-corrected chi connectivity index (χ1v) is 4.80. The molecular formula is C9H17NO3. The van der Waals surface area contributed by atoms with E-state index in [1.807, 2.05) is 0 Å². The quantitative estimate of drug-likeness (QED) is 0.570. The molecule has 1 amide bonds. The van der Waals surface area contributed by atoms with Gasteiger partial charge in [-0.2, -0.15) is 0 Å². The van der Waals surface area contributed by atoms with Gasteiger partial charge in [0.25, 0.3) is 0 Å². The molecule has 1 saturated heterocycles. The van der Waals surface area contributed by atoms with Gasteiger partial charge in [-0.15, -0.1) is 0 Å². The highest BCUT2D eigenvalue weighted by molar-refractivity contribution is 5.76. The van der Waals surface area contributed by atoms with Crippen LogP contribution >= 0.6 is 0 Å². The maximum Gasteiger partial charge on any atom is 0.220 e. The number of hydrogen-bond donors (Lipinski definition) is 3. The molecule has 0 saturated carbocycles. The number of amides is 1. The van der Waals surface area contributed by atoms with Crippen LogP contribution in [0.15, 0.2) is 0 Å². The molecule has 0 aliphatic carbocycles. The van der Waals surface area contributed by atoms with E-state index in [1.54, 1.807) is 0 Å². The van der Waals surface area contributed by atoms with Gasteiger partial charge in [-0.3, -0.25) is 4.79 Å². The van der Waals surface area contributed by atoms with Gasteiger partial charge < -0.3 is 15.5 Å². The lowest BCUT2D eigenvalue weighted by Crippen LogP contribution is -2.40. The Balaban J connectivity index is 2.23. The molecule has 1 aliphatic rings. The first kappa shape index (κ1) is 10.5. The van der Waals surface area contributed by atoms with Crippen LogP contribution in [0.1, 0.15) is 32.1 Å². The number of rotatable bonds is 4. The normalized spacial score (nSPS) is 25.4. The van der Waals surface area contributed by atoms with Crippen LogP contribution in [0.25, 0.3) is 0 Å². The van der Waals surface area contributed by atoms with Gasteiger partial charge in [-0.1, -0.05) is 0 Å². The molecule has 0 radical (unpaired) electrons. The highest BCUT2D eigenvalue weighted by Crippen LogP contribution is 2.13. The summed E-state index contributed by atoms with van der Waals surface area (Å²) in [5.74, 6) is 0.0763. The Morgan fingerprint density at radius 3 is 3.00 bits per heavy atom. The number of carbonyl (C=O) groups excluding carboxylic acids is 1. The van der Waals surface area contributed by atoms with Crippen LogP contribution in [-0.2, 0) is 4.79 Å². The van der Waals surface area contributed by atoms with Crippen molar-refractivity contribution in [3.05, 3.63) is 0 Å². The van der Waals surface area contributed by atoms with Gasteiger partial charge in [0.15, 0.2) is 0 Å². The van der Waals surface area contributed by atoms with Crippen LogP contribution in [0, 0.1) is 0 Å². The summed E-state index contributed by atoms with van der Waals surface area (Å²) in [6.07, 6.45) is 2.91. The second-order valence-electron chi connectivity index (χ2n) is 3.56. The van der Waals surface area contributed by atoms with Gasteiger partial charge >= 0.3 is 0 Å². The van der Waals surface area contributed by atoms with Crippen molar-refractivity contribution in [2.45, 2.75) is 44.2 Å². The third-order valence-corrected chi connectivity index (χ3v) is 2.34. The Kier molecular flexibility index (Phi) is 4.18. The van der Waals surface area contributed by atoms with E-state index in [9.17, 15) is 9.90 Å². The van der Waals surface area contributed by atoms with E-state index in [2.05, 4.69) is 5.32 Å². The van der Waals surface area contributed by atoms with Gasteiger partial charge in [-0.05, 0) is 25.7 Å². The summed E-state index contributed by atoms with van der Waals surface area (Å²) in [6.45, 7) is 0.00182. The number of hydrogen-bond acceptors (Lipinski definition) is 3. The van der Waals surface area contributed by atoms with Crippen LogP contribution in [0.3, 0.4) is 0 Å². The molecule has 76 valence electrons. The molecule has 1 fully saturated rings. The van der Waals surface area contributed by atoms with Gasteiger partial charge in [0.1, 0.15) is 0 Å². The predicted octanol–water partition coefficient (Wildman–Crippen LogP) is -0.212. The average molecular weight is 187 g/mol. The van der Waals surface area contributed by atoms with Gasteiger partial charge in [0, 0.05) is 19.1 Å². The largest absolute Gasteiger partial charge is 0.396 e. The molecule has 1 heterocycles. The molecule has 0 aromatic rings. The zero-order valence-electron chi connectivity index (χ0n) is 7.70. The molecule has 0 spiro atoms. The fourth-order valence-electron chi connectivity index (χ4n) is 1.65. The topological polar surface area (TPSA) is 69.6 Å². The fourth-order valence-corrected chi connectivity index (χ4v) is 1.65. The van der Waals surface area contributed by atoms with Gasteiger partial charge in [0.05, 0.1) is 6.10 Å². The molecular weight excluding hydrogens is 170 g/mol. The molecule has 13 heavy (non-hydrogen) atoms. The zero-order chi connectivity index (χ0) is 9.68. The SMILES string of the molecule is O=C1CCC[C@@H](C[C@H](O)CCO)N1. The molecule has 0 aromatic heterocycles. The Hall–Kier alpha value is -0.610. The molecule has 0 bridgehead atoms. The summed E-state index contributed by atoms with van der Waals surface area (Å²) < 4.78 is 0. The number of aliphatic hydroxyl groups is 2. The summed E-state index contributed by atoms with van der Waals surface area (Å²) >= 11 is 0. The third kappa shape index (κ3) is 3.74. The van der Waals surface area contributed by atoms with E-state index >= 15 is 0 Å². The fraction of sp³-hybridized carbons (Fsp3) is 0.889. The maximum atomic E-state index is 11.0.